The molecule has 3 aromatic carbocycles. The molecule has 4 aromatic rings. The number of ketones is 2. The Kier molecular flexibility index (Phi) is 8.20. The second-order valence-electron chi connectivity index (χ2n) is 12.8. The van der Waals surface area contributed by atoms with Crippen molar-refractivity contribution in [1.82, 2.24) is 9.78 Å². The molecule has 1 fully saturated rings. The van der Waals surface area contributed by atoms with Crippen molar-refractivity contribution >= 4 is 57.2 Å². The quantitative estimate of drug-likeness (QED) is 0.217. The number of hydrogen-bond donors (Lipinski definition) is 2. The lowest BCUT2D eigenvalue weighted by Gasteiger charge is -2.23. The van der Waals surface area contributed by atoms with Crippen LogP contribution >= 0.6 is 11.8 Å². The molecule has 0 radical (unpaired) electrons. The van der Waals surface area contributed by atoms with Crippen LogP contribution in [0.5, 0.6) is 0 Å². The molecule has 2 N–H and O–H groups in total. The van der Waals surface area contributed by atoms with E-state index in [0.717, 1.165) is 56.8 Å². The van der Waals surface area contributed by atoms with E-state index in [1.807, 2.05) is 73.7 Å². The zero-order valence-electron chi connectivity index (χ0n) is 25.6. The van der Waals surface area contributed by atoms with E-state index in [-0.39, 0.29) is 28.9 Å². The number of fused-ring (bicyclic) bond motifs is 1. The molecule has 2 unspecified atom stereocenters. The molecular weight excluding hydrogens is 568 g/mol. The van der Waals surface area contributed by atoms with E-state index in [2.05, 4.69) is 31.4 Å². The first-order chi connectivity index (χ1) is 21.1. The number of carbonyl (C=O) groups is 3. The molecule has 44 heavy (non-hydrogen) atoms. The van der Waals surface area contributed by atoms with Crippen molar-refractivity contribution in [3.8, 4) is 5.69 Å². The highest BCUT2D eigenvalue weighted by Crippen LogP contribution is 2.38. The molecule has 6 rings (SSSR count). The highest BCUT2D eigenvalue weighted by molar-refractivity contribution is 7.99. The van der Waals surface area contributed by atoms with Crippen molar-refractivity contribution < 1.29 is 14.4 Å². The number of urea groups is 1. The smallest absolute Gasteiger partial charge is 0.307 e. The van der Waals surface area contributed by atoms with Crippen LogP contribution in [-0.2, 0) is 15.0 Å². The maximum absolute atomic E-state index is 13.4. The Morgan fingerprint density at radius 2 is 1.70 bits per heavy atom. The Labute approximate surface area is 262 Å². The highest BCUT2D eigenvalue weighted by Gasteiger charge is 2.35. The topological polar surface area (TPSA) is 93.1 Å². The van der Waals surface area contributed by atoms with E-state index in [1.54, 1.807) is 22.5 Å². The summed E-state index contributed by atoms with van der Waals surface area (Å²) in [4.78, 5) is 39.5. The fraction of sp³-hybridized carbons (Fsp3) is 0.333. The van der Waals surface area contributed by atoms with Gasteiger partial charge in [0.1, 0.15) is 11.6 Å². The number of nitrogens with one attached hydrogen (secondary N) is 2. The molecule has 1 aliphatic heterocycles. The highest BCUT2D eigenvalue weighted by atomic mass is 32.2. The van der Waals surface area contributed by atoms with Crippen molar-refractivity contribution in [1.29, 1.82) is 0 Å². The molecule has 1 aromatic heterocycles. The number of aryl methyl sites for hydroxylation is 1. The second kappa shape index (κ2) is 12.1. The molecule has 2 aliphatic rings. The van der Waals surface area contributed by atoms with Gasteiger partial charge in [-0.2, -0.15) is 16.9 Å². The summed E-state index contributed by atoms with van der Waals surface area (Å²) in [6.45, 7) is 8.31. The lowest BCUT2D eigenvalue weighted by molar-refractivity contribution is -0.133. The Bertz CT molecular complexity index is 1780. The Morgan fingerprint density at radius 1 is 0.955 bits per heavy atom. The number of amides is 2. The molecule has 2 atom stereocenters. The average molecular weight is 607 g/mol. The minimum atomic E-state index is -0.523. The van der Waals surface area contributed by atoms with E-state index in [4.69, 9.17) is 5.10 Å². The zero-order chi connectivity index (χ0) is 31.0. The van der Waals surface area contributed by atoms with Gasteiger partial charge in [0.05, 0.1) is 23.0 Å². The van der Waals surface area contributed by atoms with Gasteiger partial charge < -0.3 is 5.32 Å². The normalized spacial score (nSPS) is 18.7. The molecule has 0 spiro atoms. The van der Waals surface area contributed by atoms with Crippen LogP contribution in [0, 0.1) is 18.8 Å². The molecule has 2 heterocycles. The molecule has 0 saturated carbocycles. The number of aromatic nitrogens is 2. The van der Waals surface area contributed by atoms with E-state index in [0.29, 0.717) is 24.3 Å². The third-order valence-corrected chi connectivity index (χ3v) is 9.72. The zero-order valence-corrected chi connectivity index (χ0v) is 26.5. The minimum Gasteiger partial charge on any atom is -0.307 e. The summed E-state index contributed by atoms with van der Waals surface area (Å²) in [7, 11) is 0. The number of benzene rings is 3. The number of anilines is 2. The van der Waals surface area contributed by atoms with Crippen LogP contribution < -0.4 is 10.6 Å². The third kappa shape index (κ3) is 6.09. The summed E-state index contributed by atoms with van der Waals surface area (Å²) in [5, 5.41) is 12.7. The molecule has 2 amide bonds. The molecule has 7 nitrogen and oxygen atoms in total. The summed E-state index contributed by atoms with van der Waals surface area (Å²) in [6.07, 6.45) is 3.77. The molecule has 1 saturated heterocycles. The first-order valence-corrected chi connectivity index (χ1v) is 16.4. The van der Waals surface area contributed by atoms with Gasteiger partial charge in [0.2, 0.25) is 0 Å². The fourth-order valence-electron chi connectivity index (χ4n) is 6.00. The van der Waals surface area contributed by atoms with Gasteiger partial charge in [-0.1, -0.05) is 68.8 Å². The van der Waals surface area contributed by atoms with Gasteiger partial charge in [-0.15, -0.1) is 0 Å². The maximum atomic E-state index is 13.4. The molecule has 226 valence electrons. The van der Waals surface area contributed by atoms with Gasteiger partial charge in [0.15, 0.2) is 5.78 Å². The first-order valence-electron chi connectivity index (χ1n) is 15.2. The van der Waals surface area contributed by atoms with Gasteiger partial charge in [-0.25, -0.2) is 9.48 Å². The molecule has 8 heteroatoms. The predicted octanol–water partition coefficient (Wildman–Crippen LogP) is 7.96. The summed E-state index contributed by atoms with van der Waals surface area (Å²) >= 11 is 1.80. The van der Waals surface area contributed by atoms with Crippen molar-refractivity contribution in [2.45, 2.75) is 52.4 Å². The molecular formula is C36H38N4O3S. The van der Waals surface area contributed by atoms with Crippen molar-refractivity contribution in [2.24, 2.45) is 11.8 Å². The average Bonchev–Trinajstić information content (AvgIpc) is 3.68. The number of rotatable bonds is 6. The SMILES string of the molecule is Cc1ccc(-n2nc(C(C)(C)C)cc2NC(=O)Nc2ccc(C3=CC(=O)C(C(=O)C4CCSC4)CC3)c3ccccc23)cc1. The molecule has 1 aliphatic carbocycles. The number of carbonyl (C=O) groups excluding carboxylic acids is 3. The summed E-state index contributed by atoms with van der Waals surface area (Å²) in [5.74, 6) is 1.92. The Hall–Kier alpha value is -4.17. The van der Waals surface area contributed by atoms with Gasteiger partial charge in [-0.05, 0) is 72.7 Å². The molecule has 0 bridgehead atoms. The van der Waals surface area contributed by atoms with Crippen LogP contribution in [0.15, 0.2) is 72.8 Å². The number of thioether (sulfide) groups is 1. The van der Waals surface area contributed by atoms with Crippen LogP contribution in [0.1, 0.15) is 56.9 Å². The maximum Gasteiger partial charge on any atom is 0.324 e. The summed E-state index contributed by atoms with van der Waals surface area (Å²) in [5.41, 5.74) is 5.21. The summed E-state index contributed by atoms with van der Waals surface area (Å²) < 4.78 is 1.76. The largest absolute Gasteiger partial charge is 0.324 e. The third-order valence-electron chi connectivity index (χ3n) is 8.55. The number of Topliss-reactive ketones (excluding diaryl/α,β-unsaturated/α-hetero) is 1. The number of allylic oxidation sites excluding steroid dienone is 2. The monoisotopic (exact) mass is 606 g/mol. The van der Waals surface area contributed by atoms with Crippen LogP contribution in [0.2, 0.25) is 0 Å². The van der Waals surface area contributed by atoms with E-state index in [9.17, 15) is 14.4 Å². The van der Waals surface area contributed by atoms with Crippen molar-refractivity contribution in [2.75, 3.05) is 22.1 Å². The van der Waals surface area contributed by atoms with Crippen LogP contribution in [-0.4, -0.2) is 38.9 Å². The van der Waals surface area contributed by atoms with Crippen LogP contribution in [0.3, 0.4) is 0 Å². The van der Waals surface area contributed by atoms with E-state index >= 15 is 0 Å². The lowest BCUT2D eigenvalue weighted by atomic mass is 9.79. The van der Waals surface area contributed by atoms with E-state index < -0.39 is 5.92 Å². The first kappa shape index (κ1) is 29.9. The van der Waals surface area contributed by atoms with Crippen molar-refractivity contribution in [3.63, 3.8) is 0 Å². The summed E-state index contributed by atoms with van der Waals surface area (Å²) in [6, 6.07) is 21.3. The Balaban J connectivity index is 1.25. The number of hydrogen-bond acceptors (Lipinski definition) is 5. The number of nitrogens with zero attached hydrogens (tertiary/aromatic N) is 2. The van der Waals surface area contributed by atoms with E-state index in [1.165, 1.54) is 0 Å². The van der Waals surface area contributed by atoms with Gasteiger partial charge in [0, 0.05) is 28.5 Å². The fourth-order valence-corrected chi connectivity index (χ4v) is 7.24. The lowest BCUT2D eigenvalue weighted by Crippen LogP contribution is -2.31. The van der Waals surface area contributed by atoms with Gasteiger partial charge in [0.25, 0.3) is 0 Å². The Morgan fingerprint density at radius 3 is 2.39 bits per heavy atom. The van der Waals surface area contributed by atoms with Crippen LogP contribution in [0.4, 0.5) is 16.3 Å². The minimum absolute atomic E-state index is 0.0109. The van der Waals surface area contributed by atoms with Gasteiger partial charge in [-0.3, -0.25) is 14.9 Å². The van der Waals surface area contributed by atoms with Crippen molar-refractivity contribution in [3.05, 3.63) is 89.6 Å². The van der Waals surface area contributed by atoms with Crippen LogP contribution in [0.25, 0.3) is 22.0 Å². The predicted molar refractivity (Wildman–Crippen MR) is 180 cm³/mol. The second-order valence-corrected chi connectivity index (χ2v) is 14.0. The van der Waals surface area contributed by atoms with Gasteiger partial charge >= 0.3 is 6.03 Å². The standard InChI is InChI=1S/C36H38N4O3S/c1-22-9-12-25(13-10-22)40-33(20-32(39-40)36(2,3)4)38-35(43)37-30-16-15-26(27-7-5-6-8-28(27)30)23-11-14-29(31(41)19-23)34(42)24-17-18-44-21-24/h5-10,12-13,15-16,19-20,24,29H,11,14,17-18,21H2,1-4H3,(H2,37,38,43).